The summed E-state index contributed by atoms with van der Waals surface area (Å²) in [5.74, 6) is -0.0614. The van der Waals surface area contributed by atoms with Crippen molar-refractivity contribution in [2.24, 2.45) is 0 Å². The number of nitrogens with one attached hydrogen (secondary N) is 1. The molecule has 1 aromatic heterocycles. The maximum Gasteiger partial charge on any atom is 0.258 e. The van der Waals surface area contributed by atoms with E-state index in [4.69, 9.17) is 11.6 Å². The third kappa shape index (κ3) is 4.87. The van der Waals surface area contributed by atoms with Crippen LogP contribution in [0.2, 0.25) is 5.02 Å². The number of amides is 1. The molecule has 0 bridgehead atoms. The van der Waals surface area contributed by atoms with Crippen LogP contribution in [0.5, 0.6) is 0 Å². The Morgan fingerprint density at radius 2 is 1.97 bits per heavy atom. The van der Waals surface area contributed by atoms with Crippen LogP contribution >= 0.6 is 27.5 Å². The molecule has 0 aliphatic rings. The Labute approximate surface area is 182 Å². The van der Waals surface area contributed by atoms with Crippen LogP contribution in [-0.4, -0.2) is 42.5 Å². The van der Waals surface area contributed by atoms with E-state index < -0.39 is 15.9 Å². The molecule has 3 aromatic rings. The van der Waals surface area contributed by atoms with Crippen LogP contribution in [0.4, 0.5) is 5.82 Å². The van der Waals surface area contributed by atoms with Crippen LogP contribution in [0.3, 0.4) is 0 Å². The number of anilines is 1. The van der Waals surface area contributed by atoms with Crippen LogP contribution in [0.1, 0.15) is 15.9 Å². The first-order valence-corrected chi connectivity index (χ1v) is 11.1. The van der Waals surface area contributed by atoms with E-state index in [1.165, 1.54) is 32.3 Å². The van der Waals surface area contributed by atoms with Gasteiger partial charge in [-0.15, -0.1) is 0 Å². The van der Waals surface area contributed by atoms with Crippen molar-refractivity contribution in [3.63, 3.8) is 0 Å². The van der Waals surface area contributed by atoms with Crippen molar-refractivity contribution in [2.75, 3.05) is 19.4 Å². The lowest BCUT2D eigenvalue weighted by Crippen LogP contribution is -2.23. The number of carbonyl (C=O) groups is 1. The zero-order valence-electron chi connectivity index (χ0n) is 15.6. The van der Waals surface area contributed by atoms with Gasteiger partial charge in [0.05, 0.1) is 28.2 Å². The molecule has 0 fully saturated rings. The first-order valence-electron chi connectivity index (χ1n) is 8.48. The molecule has 29 heavy (non-hydrogen) atoms. The maximum absolute atomic E-state index is 12.8. The lowest BCUT2D eigenvalue weighted by atomic mass is 10.2. The molecule has 0 radical (unpaired) electrons. The second-order valence-electron chi connectivity index (χ2n) is 6.39. The van der Waals surface area contributed by atoms with Crippen molar-refractivity contribution in [1.29, 1.82) is 0 Å². The highest BCUT2D eigenvalue weighted by Crippen LogP contribution is 2.23. The first kappa shape index (κ1) is 21.5. The molecular formula is C19H18BrClN4O3S. The topological polar surface area (TPSA) is 84.3 Å². The van der Waals surface area contributed by atoms with Gasteiger partial charge >= 0.3 is 0 Å². The Hall–Kier alpha value is -2.20. The van der Waals surface area contributed by atoms with E-state index in [9.17, 15) is 13.2 Å². The molecule has 1 heterocycles. The molecule has 1 amide bonds. The standard InChI is InChI=1S/C19H18BrClN4O3S/c1-24(2)29(27,28)15-6-7-17(21)16(11-15)19(26)23-18-8-9-22-25(18)12-13-4-3-5-14(20)10-13/h3-11H,12H2,1-2H3,(H,23,26). The Balaban J connectivity index is 1.86. The Bertz CT molecular complexity index is 1160. The van der Waals surface area contributed by atoms with Gasteiger partial charge in [0.15, 0.2) is 0 Å². The van der Waals surface area contributed by atoms with Crippen LogP contribution in [0, 0.1) is 0 Å². The van der Waals surface area contributed by atoms with Crippen molar-refractivity contribution in [3.8, 4) is 0 Å². The first-order chi connectivity index (χ1) is 13.7. The molecule has 0 saturated carbocycles. The summed E-state index contributed by atoms with van der Waals surface area (Å²) < 4.78 is 28.4. The number of nitrogens with zero attached hydrogens (tertiary/aromatic N) is 3. The molecule has 0 saturated heterocycles. The average molecular weight is 498 g/mol. The van der Waals surface area contributed by atoms with Gasteiger partial charge in [-0.3, -0.25) is 4.79 Å². The van der Waals surface area contributed by atoms with E-state index in [-0.39, 0.29) is 15.5 Å². The number of halogens is 2. The normalized spacial score (nSPS) is 11.6. The Kier molecular flexibility index (Phi) is 6.42. The summed E-state index contributed by atoms with van der Waals surface area (Å²) in [6.07, 6.45) is 1.57. The summed E-state index contributed by atoms with van der Waals surface area (Å²) in [7, 11) is -0.850. The lowest BCUT2D eigenvalue weighted by molar-refractivity contribution is 0.102. The van der Waals surface area contributed by atoms with Crippen molar-refractivity contribution >= 4 is 49.3 Å². The molecule has 0 aliphatic heterocycles. The monoisotopic (exact) mass is 496 g/mol. The maximum atomic E-state index is 12.8. The van der Waals surface area contributed by atoms with Gasteiger partial charge in [0.2, 0.25) is 10.0 Å². The minimum absolute atomic E-state index is 0.0142. The summed E-state index contributed by atoms with van der Waals surface area (Å²) in [6.45, 7) is 0.449. The highest BCUT2D eigenvalue weighted by Gasteiger charge is 2.21. The molecule has 7 nitrogen and oxygen atoms in total. The quantitative estimate of drug-likeness (QED) is 0.561. The molecule has 152 valence electrons. The highest BCUT2D eigenvalue weighted by atomic mass is 79.9. The van der Waals surface area contributed by atoms with Crippen molar-refractivity contribution in [3.05, 3.63) is 75.4 Å². The van der Waals surface area contributed by atoms with Gasteiger partial charge in [0.1, 0.15) is 5.82 Å². The molecule has 0 aliphatic carbocycles. The van der Waals surface area contributed by atoms with E-state index in [0.29, 0.717) is 12.4 Å². The molecule has 1 N–H and O–H groups in total. The van der Waals surface area contributed by atoms with Crippen LogP contribution in [0.15, 0.2) is 64.1 Å². The number of hydrogen-bond acceptors (Lipinski definition) is 4. The number of carbonyl (C=O) groups excluding carboxylic acids is 1. The van der Waals surface area contributed by atoms with E-state index in [0.717, 1.165) is 14.3 Å². The van der Waals surface area contributed by atoms with Crippen molar-refractivity contribution in [2.45, 2.75) is 11.4 Å². The molecule has 10 heteroatoms. The van der Waals surface area contributed by atoms with E-state index >= 15 is 0 Å². The minimum Gasteiger partial charge on any atom is -0.307 e. The zero-order chi connectivity index (χ0) is 21.2. The number of aromatic nitrogens is 2. The summed E-state index contributed by atoms with van der Waals surface area (Å²) >= 11 is 9.58. The van der Waals surface area contributed by atoms with Gasteiger partial charge in [-0.1, -0.05) is 39.7 Å². The lowest BCUT2D eigenvalue weighted by Gasteiger charge is -2.14. The van der Waals surface area contributed by atoms with E-state index in [1.54, 1.807) is 16.9 Å². The molecule has 0 unspecified atom stereocenters. The van der Waals surface area contributed by atoms with Gasteiger partial charge in [-0.05, 0) is 35.9 Å². The highest BCUT2D eigenvalue weighted by molar-refractivity contribution is 9.10. The zero-order valence-corrected chi connectivity index (χ0v) is 18.8. The van der Waals surface area contributed by atoms with Gasteiger partial charge < -0.3 is 5.32 Å². The number of sulfonamides is 1. The molecular weight excluding hydrogens is 480 g/mol. The molecule has 3 rings (SSSR count). The largest absolute Gasteiger partial charge is 0.307 e. The van der Waals surface area contributed by atoms with Gasteiger partial charge in [0.25, 0.3) is 5.91 Å². The van der Waals surface area contributed by atoms with Crippen molar-refractivity contribution in [1.82, 2.24) is 14.1 Å². The molecule has 0 atom stereocenters. The second kappa shape index (κ2) is 8.66. The van der Waals surface area contributed by atoms with E-state index in [1.807, 2.05) is 24.3 Å². The second-order valence-corrected chi connectivity index (χ2v) is 9.86. The summed E-state index contributed by atoms with van der Waals surface area (Å²) in [5.41, 5.74) is 1.06. The fourth-order valence-corrected chi connectivity index (χ4v) is 4.18. The summed E-state index contributed by atoms with van der Waals surface area (Å²) in [5, 5.41) is 7.14. The molecule has 0 spiro atoms. The minimum atomic E-state index is -3.69. The fraction of sp³-hybridized carbons (Fsp3) is 0.158. The molecule has 2 aromatic carbocycles. The van der Waals surface area contributed by atoms with Gasteiger partial charge in [-0.25, -0.2) is 17.4 Å². The Morgan fingerprint density at radius 3 is 2.66 bits per heavy atom. The smallest absolute Gasteiger partial charge is 0.258 e. The summed E-state index contributed by atoms with van der Waals surface area (Å²) in [6, 6.07) is 13.4. The third-order valence-electron chi connectivity index (χ3n) is 4.14. The fourth-order valence-electron chi connectivity index (χ4n) is 2.61. The van der Waals surface area contributed by atoms with Crippen LogP contribution < -0.4 is 5.32 Å². The summed E-state index contributed by atoms with van der Waals surface area (Å²) in [4.78, 5) is 12.8. The van der Waals surface area contributed by atoms with Crippen LogP contribution in [-0.2, 0) is 16.6 Å². The third-order valence-corrected chi connectivity index (χ3v) is 6.77. The predicted octanol–water partition coefficient (Wildman–Crippen LogP) is 3.85. The van der Waals surface area contributed by atoms with Crippen molar-refractivity contribution < 1.29 is 13.2 Å². The predicted molar refractivity (Wildman–Crippen MR) is 116 cm³/mol. The van der Waals surface area contributed by atoms with Gasteiger partial charge in [0, 0.05) is 24.6 Å². The Morgan fingerprint density at radius 1 is 1.21 bits per heavy atom. The number of rotatable bonds is 6. The van der Waals surface area contributed by atoms with E-state index in [2.05, 4.69) is 26.3 Å². The van der Waals surface area contributed by atoms with Gasteiger partial charge in [-0.2, -0.15) is 5.10 Å². The SMILES string of the molecule is CN(C)S(=O)(=O)c1ccc(Cl)c(C(=O)Nc2ccnn2Cc2cccc(Br)c2)c1. The average Bonchev–Trinajstić information content (AvgIpc) is 3.08. The number of benzene rings is 2. The van der Waals surface area contributed by atoms with Crippen LogP contribution in [0.25, 0.3) is 0 Å². The number of hydrogen-bond donors (Lipinski definition) is 1.